The van der Waals surface area contributed by atoms with Gasteiger partial charge < -0.3 is 5.32 Å². The molecule has 0 bridgehead atoms. The normalized spacial score (nSPS) is 10.8. The van der Waals surface area contributed by atoms with E-state index in [0.717, 1.165) is 16.8 Å². The van der Waals surface area contributed by atoms with Crippen LogP contribution in [0, 0.1) is 13.8 Å². The number of amides is 2. The Morgan fingerprint density at radius 1 is 1.10 bits per heavy atom. The van der Waals surface area contributed by atoms with Gasteiger partial charge in [-0.2, -0.15) is 4.98 Å². The number of hydrogen-bond acceptors (Lipinski definition) is 5. The van der Waals surface area contributed by atoms with Crippen molar-refractivity contribution in [1.82, 2.24) is 19.9 Å². The average Bonchev–Trinajstić information content (AvgIpc) is 3.27. The quantitative estimate of drug-likeness (QED) is 0.532. The summed E-state index contributed by atoms with van der Waals surface area (Å²) in [6.45, 7) is 3.95. The summed E-state index contributed by atoms with van der Waals surface area (Å²) in [6.07, 6.45) is 0. The number of anilines is 1. The van der Waals surface area contributed by atoms with Crippen molar-refractivity contribution in [3.8, 4) is 11.3 Å². The number of carbonyl (C=O) groups is 2. The minimum atomic E-state index is -0.388. The predicted octanol–water partition coefficient (Wildman–Crippen LogP) is 3.44. The van der Waals surface area contributed by atoms with Gasteiger partial charge in [-0.15, -0.1) is 16.4 Å². The Kier molecular flexibility index (Phi) is 5.09. The highest BCUT2D eigenvalue weighted by molar-refractivity contribution is 7.15. The van der Waals surface area contributed by atoms with Crippen LogP contribution in [0.2, 0.25) is 0 Å². The first-order valence-corrected chi connectivity index (χ1v) is 9.94. The average molecular weight is 405 g/mol. The third-order valence-corrected chi connectivity index (χ3v) is 5.25. The number of nitrogens with one attached hydrogen (secondary N) is 2. The summed E-state index contributed by atoms with van der Waals surface area (Å²) >= 11 is 1.45. The smallest absolute Gasteiger partial charge is 0.251 e. The van der Waals surface area contributed by atoms with E-state index in [1.165, 1.54) is 16.9 Å². The Morgan fingerprint density at radius 3 is 2.66 bits per heavy atom. The first kappa shape index (κ1) is 18.8. The molecule has 8 heteroatoms. The highest BCUT2D eigenvalue weighted by atomic mass is 32.1. The van der Waals surface area contributed by atoms with Crippen LogP contribution in [0.5, 0.6) is 0 Å². The Labute approximate surface area is 171 Å². The lowest BCUT2D eigenvalue weighted by atomic mass is 10.0. The Morgan fingerprint density at radius 2 is 1.90 bits per heavy atom. The van der Waals surface area contributed by atoms with Crippen molar-refractivity contribution in [2.75, 3.05) is 11.9 Å². The summed E-state index contributed by atoms with van der Waals surface area (Å²) < 4.78 is 1.72. The van der Waals surface area contributed by atoms with E-state index in [1.807, 2.05) is 11.4 Å². The molecule has 0 aliphatic heterocycles. The van der Waals surface area contributed by atoms with Crippen molar-refractivity contribution >= 4 is 34.1 Å². The molecule has 2 aromatic heterocycles. The summed E-state index contributed by atoms with van der Waals surface area (Å²) in [5.41, 5.74) is 4.84. The molecule has 0 saturated carbocycles. The molecule has 7 nitrogen and oxygen atoms in total. The maximum absolute atomic E-state index is 12.2. The maximum atomic E-state index is 12.2. The van der Waals surface area contributed by atoms with E-state index < -0.39 is 0 Å². The van der Waals surface area contributed by atoms with E-state index in [9.17, 15) is 9.59 Å². The van der Waals surface area contributed by atoms with E-state index in [0.29, 0.717) is 10.5 Å². The van der Waals surface area contributed by atoms with Crippen LogP contribution in [-0.2, 0) is 4.79 Å². The highest BCUT2D eigenvalue weighted by Gasteiger charge is 2.15. The largest absolute Gasteiger partial charge is 0.343 e. The van der Waals surface area contributed by atoms with Gasteiger partial charge in [0.1, 0.15) is 0 Å². The fourth-order valence-electron chi connectivity index (χ4n) is 3.04. The third-order valence-electron chi connectivity index (χ3n) is 4.44. The van der Waals surface area contributed by atoms with Gasteiger partial charge in [-0.25, -0.2) is 4.52 Å². The van der Waals surface area contributed by atoms with Crippen LogP contribution >= 0.6 is 11.3 Å². The van der Waals surface area contributed by atoms with Crippen LogP contribution in [0.3, 0.4) is 0 Å². The Bertz CT molecular complexity index is 1200. The van der Waals surface area contributed by atoms with Crippen molar-refractivity contribution in [1.29, 1.82) is 0 Å². The molecular formula is C21H19N5O2S. The molecule has 0 fully saturated rings. The van der Waals surface area contributed by atoms with E-state index in [4.69, 9.17) is 0 Å². The number of rotatable bonds is 5. The minimum absolute atomic E-state index is 0.162. The van der Waals surface area contributed by atoms with Crippen LogP contribution in [0.25, 0.3) is 16.2 Å². The highest BCUT2D eigenvalue weighted by Crippen LogP contribution is 2.28. The molecule has 0 atom stereocenters. The number of aryl methyl sites for hydroxylation is 2. The van der Waals surface area contributed by atoms with Gasteiger partial charge >= 0.3 is 0 Å². The monoisotopic (exact) mass is 405 g/mol. The van der Waals surface area contributed by atoms with Crippen LogP contribution in [0.4, 0.5) is 5.95 Å². The molecule has 0 saturated heterocycles. The molecule has 0 unspecified atom stereocenters. The second-order valence-corrected chi connectivity index (χ2v) is 7.50. The van der Waals surface area contributed by atoms with Crippen molar-refractivity contribution in [3.63, 3.8) is 0 Å². The molecule has 4 aromatic rings. The Balaban J connectivity index is 1.46. The van der Waals surface area contributed by atoms with Gasteiger partial charge in [0.25, 0.3) is 11.9 Å². The van der Waals surface area contributed by atoms with Crippen LogP contribution in [-0.4, -0.2) is 33.0 Å². The SMILES string of the molecule is Cc1ccc(-c2csc3nc(NC(=O)CNC(=O)c4ccccc4)nn23)c(C)c1. The van der Waals surface area contributed by atoms with Crippen LogP contribution in [0.1, 0.15) is 21.5 Å². The summed E-state index contributed by atoms with van der Waals surface area (Å²) in [7, 11) is 0. The molecule has 2 heterocycles. The van der Waals surface area contributed by atoms with Crippen LogP contribution < -0.4 is 10.6 Å². The van der Waals surface area contributed by atoms with Gasteiger partial charge in [-0.05, 0) is 31.5 Å². The molecule has 29 heavy (non-hydrogen) atoms. The zero-order valence-electron chi connectivity index (χ0n) is 16.0. The summed E-state index contributed by atoms with van der Waals surface area (Å²) in [4.78, 5) is 29.3. The first-order chi connectivity index (χ1) is 14.0. The molecule has 0 aliphatic rings. The lowest BCUT2D eigenvalue weighted by Gasteiger charge is -2.05. The first-order valence-electron chi connectivity index (χ1n) is 9.06. The topological polar surface area (TPSA) is 88.4 Å². The fraction of sp³-hybridized carbons (Fsp3) is 0.143. The van der Waals surface area contributed by atoms with Crippen molar-refractivity contribution in [3.05, 3.63) is 70.6 Å². The fourth-order valence-corrected chi connectivity index (χ4v) is 3.86. The van der Waals surface area contributed by atoms with Gasteiger partial charge in [0.2, 0.25) is 10.9 Å². The van der Waals surface area contributed by atoms with E-state index >= 15 is 0 Å². The summed E-state index contributed by atoms with van der Waals surface area (Å²) in [5, 5.41) is 11.6. The van der Waals surface area contributed by atoms with Crippen molar-refractivity contribution < 1.29 is 9.59 Å². The molecule has 2 aromatic carbocycles. The van der Waals surface area contributed by atoms with Gasteiger partial charge in [-0.1, -0.05) is 42.0 Å². The number of thiazole rings is 1. The van der Waals surface area contributed by atoms with Gasteiger partial charge in [0.05, 0.1) is 12.2 Å². The minimum Gasteiger partial charge on any atom is -0.343 e. The molecule has 4 rings (SSSR count). The summed E-state index contributed by atoms with van der Waals surface area (Å²) in [6, 6.07) is 15.0. The molecule has 2 N–H and O–H groups in total. The van der Waals surface area contributed by atoms with E-state index in [2.05, 4.69) is 52.8 Å². The van der Waals surface area contributed by atoms with Crippen molar-refractivity contribution in [2.45, 2.75) is 13.8 Å². The number of fused-ring (bicyclic) bond motifs is 1. The lowest BCUT2D eigenvalue weighted by Crippen LogP contribution is -2.33. The number of benzene rings is 2. The number of hydrogen-bond donors (Lipinski definition) is 2. The van der Waals surface area contributed by atoms with Crippen molar-refractivity contribution in [2.24, 2.45) is 0 Å². The second-order valence-electron chi connectivity index (χ2n) is 6.67. The number of nitrogens with zero attached hydrogens (tertiary/aromatic N) is 3. The standard InChI is InChI=1S/C21H19N5O2S/c1-13-8-9-16(14(2)10-13)17-12-29-21-24-20(25-26(17)21)23-18(27)11-22-19(28)15-6-4-3-5-7-15/h3-10,12H,11H2,1-2H3,(H,22,28)(H,23,25,27). The second kappa shape index (κ2) is 7.84. The van der Waals surface area contributed by atoms with Gasteiger partial charge in [-0.3, -0.25) is 14.9 Å². The van der Waals surface area contributed by atoms with Crippen LogP contribution in [0.15, 0.2) is 53.9 Å². The number of aromatic nitrogens is 3. The summed E-state index contributed by atoms with van der Waals surface area (Å²) in [5.74, 6) is -0.487. The molecule has 0 aliphatic carbocycles. The molecule has 0 radical (unpaired) electrons. The molecule has 146 valence electrons. The van der Waals surface area contributed by atoms with Gasteiger partial charge in [0, 0.05) is 16.5 Å². The van der Waals surface area contributed by atoms with Gasteiger partial charge in [0.15, 0.2) is 0 Å². The predicted molar refractivity (Wildman–Crippen MR) is 113 cm³/mol. The maximum Gasteiger partial charge on any atom is 0.251 e. The van der Waals surface area contributed by atoms with E-state index in [-0.39, 0.29) is 24.3 Å². The molecule has 2 amide bonds. The lowest BCUT2D eigenvalue weighted by molar-refractivity contribution is -0.115. The molecule has 0 spiro atoms. The zero-order valence-corrected chi connectivity index (χ0v) is 16.8. The van der Waals surface area contributed by atoms with E-state index in [1.54, 1.807) is 28.8 Å². The third kappa shape index (κ3) is 4.02. The Hall–Kier alpha value is -3.52. The molecular weight excluding hydrogens is 386 g/mol. The zero-order chi connectivity index (χ0) is 20.4. The number of carbonyl (C=O) groups excluding carboxylic acids is 2.